The van der Waals surface area contributed by atoms with Crippen LogP contribution >= 0.6 is 0 Å². The summed E-state index contributed by atoms with van der Waals surface area (Å²) in [5, 5.41) is 10.7. The first kappa shape index (κ1) is 16.0. The van der Waals surface area contributed by atoms with Crippen LogP contribution in [-0.2, 0) is 4.79 Å². The van der Waals surface area contributed by atoms with Crippen molar-refractivity contribution in [2.45, 2.75) is 5.92 Å². The Morgan fingerprint density at radius 1 is 0.846 bits per heavy atom. The van der Waals surface area contributed by atoms with Crippen LogP contribution in [0.4, 0.5) is 5.69 Å². The Morgan fingerprint density at radius 2 is 1.38 bits per heavy atom. The van der Waals surface area contributed by atoms with Crippen molar-refractivity contribution < 1.29 is 9.72 Å². The predicted octanol–water partition coefficient (Wildman–Crippen LogP) is 4.99. The largest absolute Gasteiger partial charge is 0.294 e. The molecule has 0 N–H and O–H groups in total. The highest BCUT2D eigenvalue weighted by molar-refractivity contribution is 6.05. The summed E-state index contributed by atoms with van der Waals surface area (Å²) in [6, 6.07) is 22.1. The minimum Gasteiger partial charge on any atom is -0.294 e. The number of nitro benzene ring substituents is 1. The molecule has 0 saturated heterocycles. The van der Waals surface area contributed by atoms with Gasteiger partial charge in [0.25, 0.3) is 5.69 Å². The molecule has 0 aromatic heterocycles. The lowest BCUT2D eigenvalue weighted by Crippen LogP contribution is -2.08. The van der Waals surface area contributed by atoms with E-state index in [1.807, 2.05) is 48.5 Å². The van der Waals surface area contributed by atoms with Gasteiger partial charge in [-0.2, -0.15) is 0 Å². The highest BCUT2D eigenvalue weighted by atomic mass is 16.6. The first-order valence-corrected chi connectivity index (χ1v) is 8.30. The molecule has 0 fully saturated rings. The third kappa shape index (κ3) is 2.71. The van der Waals surface area contributed by atoms with Crippen LogP contribution in [0.2, 0.25) is 0 Å². The smallest absolute Gasteiger partial charge is 0.269 e. The number of non-ortho nitro benzene ring substituents is 1. The van der Waals surface area contributed by atoms with E-state index in [1.165, 1.54) is 12.1 Å². The molecule has 4 rings (SSSR count). The summed E-state index contributed by atoms with van der Waals surface area (Å²) >= 11 is 0. The van der Waals surface area contributed by atoms with Gasteiger partial charge in [-0.3, -0.25) is 14.9 Å². The van der Waals surface area contributed by atoms with Crippen molar-refractivity contribution in [3.63, 3.8) is 0 Å². The topological polar surface area (TPSA) is 60.2 Å². The molecule has 0 aliphatic heterocycles. The molecular formula is C22H15NO3. The number of carbonyl (C=O) groups excluding carboxylic acids is 1. The summed E-state index contributed by atoms with van der Waals surface area (Å²) in [6.45, 7) is 0. The Labute approximate surface area is 150 Å². The molecule has 0 heterocycles. The summed E-state index contributed by atoms with van der Waals surface area (Å²) in [7, 11) is 0. The number of carbonyl (C=O) groups is 1. The first-order chi connectivity index (χ1) is 12.6. The van der Waals surface area contributed by atoms with E-state index in [-0.39, 0.29) is 17.4 Å². The van der Waals surface area contributed by atoms with Crippen molar-refractivity contribution >= 4 is 17.5 Å². The number of nitro groups is 1. The standard InChI is InChI=1S/C22H15NO3/c24-21(14-11-15-9-12-16(13-10-15)23(25)26)22-19-7-3-1-5-17(19)18-6-2-4-8-20(18)22/h1-14,22H/b14-11+. The number of hydrogen-bond donors (Lipinski definition) is 0. The third-order valence-electron chi connectivity index (χ3n) is 4.66. The third-order valence-corrected chi connectivity index (χ3v) is 4.66. The number of rotatable bonds is 4. The van der Waals surface area contributed by atoms with Crippen molar-refractivity contribution in [2.24, 2.45) is 0 Å². The van der Waals surface area contributed by atoms with Crippen molar-refractivity contribution in [2.75, 3.05) is 0 Å². The molecule has 0 radical (unpaired) electrons. The molecule has 0 amide bonds. The molecular weight excluding hydrogens is 326 g/mol. The molecule has 4 heteroatoms. The summed E-state index contributed by atoms with van der Waals surface area (Å²) in [5.74, 6) is -0.308. The molecule has 3 aromatic carbocycles. The number of hydrogen-bond acceptors (Lipinski definition) is 3. The fraction of sp³-hybridized carbons (Fsp3) is 0.0455. The van der Waals surface area contributed by atoms with Gasteiger partial charge in [0.15, 0.2) is 5.78 Å². The highest BCUT2D eigenvalue weighted by Gasteiger charge is 2.31. The first-order valence-electron chi connectivity index (χ1n) is 8.30. The second-order valence-electron chi connectivity index (χ2n) is 6.19. The second kappa shape index (κ2) is 6.41. The number of allylic oxidation sites excluding steroid dienone is 1. The van der Waals surface area contributed by atoms with E-state index in [4.69, 9.17) is 0 Å². The molecule has 0 bridgehead atoms. The minimum absolute atomic E-state index is 0.000697. The summed E-state index contributed by atoms with van der Waals surface area (Å²) in [5.41, 5.74) is 5.03. The van der Waals surface area contributed by atoms with Crippen LogP contribution in [-0.4, -0.2) is 10.7 Å². The number of fused-ring (bicyclic) bond motifs is 3. The molecule has 4 nitrogen and oxygen atoms in total. The van der Waals surface area contributed by atoms with Crippen LogP contribution < -0.4 is 0 Å². The average molecular weight is 341 g/mol. The molecule has 26 heavy (non-hydrogen) atoms. The van der Waals surface area contributed by atoms with Gasteiger partial charge < -0.3 is 0 Å². The summed E-state index contributed by atoms with van der Waals surface area (Å²) in [4.78, 5) is 23.2. The lowest BCUT2D eigenvalue weighted by atomic mass is 9.92. The molecule has 126 valence electrons. The van der Waals surface area contributed by atoms with Gasteiger partial charge in [0.2, 0.25) is 0 Å². The Balaban J connectivity index is 1.65. The lowest BCUT2D eigenvalue weighted by molar-refractivity contribution is -0.384. The normalized spacial score (nSPS) is 12.8. The Hall–Kier alpha value is -3.53. The lowest BCUT2D eigenvalue weighted by Gasteiger charge is -2.09. The number of benzene rings is 3. The fourth-order valence-electron chi connectivity index (χ4n) is 3.44. The van der Waals surface area contributed by atoms with Gasteiger partial charge >= 0.3 is 0 Å². The Bertz CT molecular complexity index is 990. The molecule has 3 aromatic rings. The van der Waals surface area contributed by atoms with Gasteiger partial charge in [-0.15, -0.1) is 0 Å². The monoisotopic (exact) mass is 341 g/mol. The van der Waals surface area contributed by atoms with E-state index in [2.05, 4.69) is 0 Å². The summed E-state index contributed by atoms with van der Waals surface area (Å²) < 4.78 is 0. The molecule has 0 saturated carbocycles. The SMILES string of the molecule is O=C(/C=C/c1ccc([N+](=O)[O-])cc1)C1c2ccccc2-c2ccccc21. The number of ketones is 1. The van der Waals surface area contributed by atoms with E-state index in [0.29, 0.717) is 0 Å². The quantitative estimate of drug-likeness (QED) is 0.381. The Kier molecular flexibility index (Phi) is 3.93. The van der Waals surface area contributed by atoms with Crippen LogP contribution in [0.1, 0.15) is 22.6 Å². The molecule has 0 spiro atoms. The maximum atomic E-state index is 12.9. The van der Waals surface area contributed by atoms with Crippen molar-refractivity contribution in [1.29, 1.82) is 0 Å². The fourth-order valence-corrected chi connectivity index (χ4v) is 3.44. The molecule has 0 unspecified atom stereocenters. The van der Waals surface area contributed by atoms with Gasteiger partial charge in [0.1, 0.15) is 0 Å². The van der Waals surface area contributed by atoms with Crippen LogP contribution in [0.25, 0.3) is 17.2 Å². The van der Waals surface area contributed by atoms with E-state index in [0.717, 1.165) is 27.8 Å². The van der Waals surface area contributed by atoms with Crippen LogP contribution in [0, 0.1) is 10.1 Å². The van der Waals surface area contributed by atoms with Crippen LogP contribution in [0.3, 0.4) is 0 Å². The van der Waals surface area contributed by atoms with Gasteiger partial charge in [0.05, 0.1) is 10.8 Å². The van der Waals surface area contributed by atoms with Gasteiger partial charge in [0, 0.05) is 12.1 Å². The zero-order valence-corrected chi connectivity index (χ0v) is 13.8. The number of nitrogens with zero attached hydrogens (tertiary/aromatic N) is 1. The van der Waals surface area contributed by atoms with Crippen LogP contribution in [0.15, 0.2) is 78.9 Å². The van der Waals surface area contributed by atoms with Gasteiger partial charge in [-0.25, -0.2) is 0 Å². The highest BCUT2D eigenvalue weighted by Crippen LogP contribution is 2.45. The zero-order chi connectivity index (χ0) is 18.1. The maximum Gasteiger partial charge on any atom is 0.269 e. The minimum atomic E-state index is -0.439. The predicted molar refractivity (Wildman–Crippen MR) is 101 cm³/mol. The maximum absolute atomic E-state index is 12.9. The van der Waals surface area contributed by atoms with Gasteiger partial charge in [-0.1, -0.05) is 54.6 Å². The average Bonchev–Trinajstić information content (AvgIpc) is 3.01. The molecule has 0 atom stereocenters. The zero-order valence-electron chi connectivity index (χ0n) is 13.8. The van der Waals surface area contributed by atoms with Crippen molar-refractivity contribution in [1.82, 2.24) is 0 Å². The van der Waals surface area contributed by atoms with E-state index >= 15 is 0 Å². The van der Waals surface area contributed by atoms with E-state index in [9.17, 15) is 14.9 Å². The van der Waals surface area contributed by atoms with E-state index < -0.39 is 4.92 Å². The van der Waals surface area contributed by atoms with Crippen LogP contribution in [0.5, 0.6) is 0 Å². The van der Waals surface area contributed by atoms with Gasteiger partial charge in [-0.05, 0) is 46.0 Å². The van der Waals surface area contributed by atoms with Crippen molar-refractivity contribution in [3.8, 4) is 11.1 Å². The molecule has 1 aliphatic rings. The second-order valence-corrected chi connectivity index (χ2v) is 6.19. The Morgan fingerprint density at radius 3 is 1.92 bits per heavy atom. The van der Waals surface area contributed by atoms with E-state index in [1.54, 1.807) is 24.3 Å². The summed E-state index contributed by atoms with van der Waals surface area (Å²) in [6.07, 6.45) is 3.26. The van der Waals surface area contributed by atoms with Crippen molar-refractivity contribution in [3.05, 3.63) is 106 Å². The molecule has 1 aliphatic carbocycles.